The molecule has 25 heavy (non-hydrogen) atoms. The lowest BCUT2D eigenvalue weighted by Crippen LogP contribution is -2.44. The van der Waals surface area contributed by atoms with E-state index in [2.05, 4.69) is 4.98 Å². The third-order valence-corrected chi connectivity index (χ3v) is 5.40. The Kier molecular flexibility index (Phi) is 5.48. The average Bonchev–Trinajstić information content (AvgIpc) is 3.14. The number of piperidine rings is 1. The number of rotatable bonds is 5. The Morgan fingerprint density at radius 3 is 2.84 bits per heavy atom. The highest BCUT2D eigenvalue weighted by Crippen LogP contribution is 2.26. The largest absolute Gasteiger partial charge is 0.481 e. The van der Waals surface area contributed by atoms with Crippen LogP contribution in [-0.4, -0.2) is 39.5 Å². The van der Waals surface area contributed by atoms with Gasteiger partial charge in [-0.1, -0.05) is 0 Å². The Bertz CT molecular complexity index is 758. The third-order valence-electron chi connectivity index (χ3n) is 4.71. The molecule has 1 aliphatic rings. The number of aryl methyl sites for hydroxylation is 1. The first-order valence-corrected chi connectivity index (χ1v) is 9.53. The number of likely N-dealkylation sites (tertiary alicyclic amines) is 1. The van der Waals surface area contributed by atoms with E-state index in [0.29, 0.717) is 18.5 Å². The maximum absolute atomic E-state index is 13.0. The predicted octanol–water partition coefficient (Wildman–Crippen LogP) is 3.98. The zero-order valence-electron chi connectivity index (χ0n) is 14.3. The van der Waals surface area contributed by atoms with Gasteiger partial charge >= 0.3 is 5.97 Å². The molecule has 1 atom stereocenters. The van der Waals surface area contributed by atoms with Gasteiger partial charge in [-0.25, -0.2) is 0 Å². The van der Waals surface area contributed by atoms with Crippen molar-refractivity contribution in [2.45, 2.75) is 45.1 Å². The molecule has 1 amide bonds. The van der Waals surface area contributed by atoms with Crippen molar-refractivity contribution in [2.75, 3.05) is 6.54 Å². The topological polar surface area (TPSA) is 70.5 Å². The molecule has 1 fully saturated rings. The molecule has 1 aliphatic heterocycles. The molecule has 0 aliphatic carbocycles. The van der Waals surface area contributed by atoms with Crippen LogP contribution < -0.4 is 0 Å². The molecular formula is C19H22N2O3S. The normalized spacial score (nSPS) is 17.5. The number of hydrogen-bond donors (Lipinski definition) is 1. The Balaban J connectivity index is 1.79. The molecule has 3 heterocycles. The highest BCUT2D eigenvalue weighted by atomic mass is 32.1. The van der Waals surface area contributed by atoms with Crippen LogP contribution in [0.1, 0.15) is 48.2 Å². The molecule has 1 saturated heterocycles. The zero-order chi connectivity index (χ0) is 17.8. The van der Waals surface area contributed by atoms with Gasteiger partial charge in [0.15, 0.2) is 0 Å². The Morgan fingerprint density at radius 2 is 2.16 bits per heavy atom. The molecule has 132 valence electrons. The number of carboxylic acid groups (broad SMARTS) is 1. The van der Waals surface area contributed by atoms with E-state index in [1.54, 1.807) is 11.3 Å². The summed E-state index contributed by atoms with van der Waals surface area (Å²) in [6, 6.07) is 5.76. The van der Waals surface area contributed by atoms with Gasteiger partial charge in [0.05, 0.1) is 17.0 Å². The van der Waals surface area contributed by atoms with Crippen LogP contribution in [0.15, 0.2) is 29.0 Å². The van der Waals surface area contributed by atoms with Gasteiger partial charge in [-0.3, -0.25) is 14.6 Å². The lowest BCUT2D eigenvalue weighted by molar-refractivity contribution is -0.137. The summed E-state index contributed by atoms with van der Waals surface area (Å²) < 4.78 is 0. The highest BCUT2D eigenvalue weighted by Gasteiger charge is 2.28. The molecule has 1 N–H and O–H groups in total. The SMILES string of the molecule is Cc1nc(-c2ccsc2)ccc1C(=O)N1CCCCC1CCC(=O)O. The van der Waals surface area contributed by atoms with Crippen LogP contribution in [0.2, 0.25) is 0 Å². The molecule has 0 spiro atoms. The summed E-state index contributed by atoms with van der Waals surface area (Å²) in [7, 11) is 0. The van der Waals surface area contributed by atoms with Gasteiger partial charge < -0.3 is 10.0 Å². The lowest BCUT2D eigenvalue weighted by Gasteiger charge is -2.36. The number of aliphatic carboxylic acids is 1. The maximum atomic E-state index is 13.0. The number of hydrogen-bond acceptors (Lipinski definition) is 4. The van der Waals surface area contributed by atoms with Crippen LogP contribution in [0.25, 0.3) is 11.3 Å². The molecule has 6 heteroatoms. The highest BCUT2D eigenvalue weighted by molar-refractivity contribution is 7.08. The van der Waals surface area contributed by atoms with Crippen molar-refractivity contribution in [3.8, 4) is 11.3 Å². The number of pyridine rings is 1. The van der Waals surface area contributed by atoms with Crippen molar-refractivity contribution in [3.63, 3.8) is 0 Å². The van der Waals surface area contributed by atoms with Gasteiger partial charge in [-0.2, -0.15) is 11.3 Å². The van der Waals surface area contributed by atoms with Crippen molar-refractivity contribution in [1.29, 1.82) is 0 Å². The summed E-state index contributed by atoms with van der Waals surface area (Å²) in [5, 5.41) is 13.0. The van der Waals surface area contributed by atoms with Crippen molar-refractivity contribution < 1.29 is 14.7 Å². The van der Waals surface area contributed by atoms with Crippen LogP contribution in [0.4, 0.5) is 0 Å². The number of carbonyl (C=O) groups is 2. The number of thiophene rings is 1. The van der Waals surface area contributed by atoms with Gasteiger partial charge in [0.1, 0.15) is 0 Å². The average molecular weight is 358 g/mol. The van der Waals surface area contributed by atoms with Gasteiger partial charge in [-0.05, 0) is 56.2 Å². The fourth-order valence-electron chi connectivity index (χ4n) is 3.37. The zero-order valence-corrected chi connectivity index (χ0v) is 15.1. The van der Waals surface area contributed by atoms with Gasteiger partial charge in [0.25, 0.3) is 5.91 Å². The van der Waals surface area contributed by atoms with E-state index in [-0.39, 0.29) is 18.4 Å². The summed E-state index contributed by atoms with van der Waals surface area (Å²) in [5.74, 6) is -0.840. The molecule has 0 aromatic carbocycles. The van der Waals surface area contributed by atoms with Crippen molar-refractivity contribution >= 4 is 23.2 Å². The predicted molar refractivity (Wildman–Crippen MR) is 97.8 cm³/mol. The minimum atomic E-state index is -0.809. The molecule has 1 unspecified atom stereocenters. The van der Waals surface area contributed by atoms with Crippen molar-refractivity contribution in [2.24, 2.45) is 0 Å². The number of amides is 1. The van der Waals surface area contributed by atoms with E-state index < -0.39 is 5.97 Å². The van der Waals surface area contributed by atoms with Crippen LogP contribution in [0.3, 0.4) is 0 Å². The molecule has 0 saturated carbocycles. The molecule has 2 aromatic heterocycles. The molecule has 0 radical (unpaired) electrons. The van der Waals surface area contributed by atoms with E-state index in [0.717, 1.165) is 36.2 Å². The first kappa shape index (κ1) is 17.6. The fraction of sp³-hybridized carbons (Fsp3) is 0.421. The molecular weight excluding hydrogens is 336 g/mol. The smallest absolute Gasteiger partial charge is 0.303 e. The first-order valence-electron chi connectivity index (χ1n) is 8.59. The second-order valence-electron chi connectivity index (χ2n) is 6.42. The lowest BCUT2D eigenvalue weighted by atomic mass is 9.96. The van der Waals surface area contributed by atoms with Crippen LogP contribution >= 0.6 is 11.3 Å². The van der Waals surface area contributed by atoms with Crippen LogP contribution in [0.5, 0.6) is 0 Å². The van der Waals surface area contributed by atoms with Crippen LogP contribution in [-0.2, 0) is 4.79 Å². The van der Waals surface area contributed by atoms with Crippen molar-refractivity contribution in [3.05, 3.63) is 40.2 Å². The van der Waals surface area contributed by atoms with Crippen LogP contribution in [0, 0.1) is 6.92 Å². The molecule has 3 rings (SSSR count). The van der Waals surface area contributed by atoms with E-state index in [1.165, 1.54) is 0 Å². The Hall–Kier alpha value is -2.21. The first-order chi connectivity index (χ1) is 12.1. The standard InChI is InChI=1S/C19H22N2O3S/c1-13-16(6-7-17(20-13)14-9-11-25-12-14)19(24)21-10-3-2-4-15(21)5-8-18(22)23/h6-7,9,11-12,15H,2-5,8,10H2,1H3,(H,22,23). The molecule has 0 bridgehead atoms. The van der Waals surface area contributed by atoms with E-state index in [9.17, 15) is 9.59 Å². The number of nitrogens with zero attached hydrogens (tertiary/aromatic N) is 2. The number of carboxylic acids is 1. The summed E-state index contributed by atoms with van der Waals surface area (Å²) in [5.41, 5.74) is 3.26. The summed E-state index contributed by atoms with van der Waals surface area (Å²) in [4.78, 5) is 30.3. The summed E-state index contributed by atoms with van der Waals surface area (Å²) in [6.07, 6.45) is 3.50. The molecule has 5 nitrogen and oxygen atoms in total. The monoisotopic (exact) mass is 358 g/mol. The van der Waals surface area contributed by atoms with Crippen molar-refractivity contribution in [1.82, 2.24) is 9.88 Å². The maximum Gasteiger partial charge on any atom is 0.303 e. The number of carbonyl (C=O) groups excluding carboxylic acids is 1. The summed E-state index contributed by atoms with van der Waals surface area (Å²) in [6.45, 7) is 2.55. The van der Waals surface area contributed by atoms with Gasteiger partial charge in [0, 0.05) is 30.0 Å². The third kappa shape index (κ3) is 4.07. The second-order valence-corrected chi connectivity index (χ2v) is 7.20. The minimum Gasteiger partial charge on any atom is -0.481 e. The van der Waals surface area contributed by atoms with E-state index in [4.69, 9.17) is 5.11 Å². The molecule has 2 aromatic rings. The van der Waals surface area contributed by atoms with Gasteiger partial charge in [-0.15, -0.1) is 0 Å². The minimum absolute atomic E-state index is 0.00769. The summed E-state index contributed by atoms with van der Waals surface area (Å²) >= 11 is 1.62. The quantitative estimate of drug-likeness (QED) is 0.878. The Labute approximate surface area is 151 Å². The fourth-order valence-corrected chi connectivity index (χ4v) is 4.02. The Morgan fingerprint density at radius 1 is 1.32 bits per heavy atom. The van der Waals surface area contributed by atoms with Gasteiger partial charge in [0.2, 0.25) is 0 Å². The second kappa shape index (κ2) is 7.78. The number of aromatic nitrogens is 1. The van der Waals surface area contributed by atoms with E-state index >= 15 is 0 Å². The van der Waals surface area contributed by atoms with E-state index in [1.807, 2.05) is 40.8 Å².